The molecule has 1 aromatic rings. The Morgan fingerprint density at radius 2 is 2.00 bits per heavy atom. The molecule has 2 rings (SSSR count). The highest BCUT2D eigenvalue weighted by atomic mass is 14.9. The minimum absolute atomic E-state index is 0.789. The van der Waals surface area contributed by atoms with Gasteiger partial charge in [-0.2, -0.15) is 5.26 Å². The number of hydrogen-bond acceptors (Lipinski definition) is 1. The maximum atomic E-state index is 8.95. The molecule has 0 amide bonds. The molecule has 0 aliphatic heterocycles. The first-order valence-electron chi connectivity index (χ1n) is 5.71. The van der Waals surface area contributed by atoms with Gasteiger partial charge in [0.15, 0.2) is 0 Å². The Bertz CT molecular complexity index is 359. The predicted octanol–water partition coefficient (Wildman–Crippen LogP) is 1.56. The summed E-state index contributed by atoms with van der Waals surface area (Å²) in [6.07, 6.45) is 5.44. The third-order valence-corrected chi connectivity index (χ3v) is 3.21. The standard InChI is InChI=1S/C13H16N2/c14-9-11-5-1-2-6-12(11)10-15-13-7-3-4-8-13/h1-2,5-6,13,15H,3-4,7-8,10H2/p+1. The first-order valence-corrected chi connectivity index (χ1v) is 5.71. The van der Waals surface area contributed by atoms with E-state index in [0.717, 1.165) is 18.2 Å². The maximum absolute atomic E-state index is 8.95. The highest BCUT2D eigenvalue weighted by Crippen LogP contribution is 2.14. The number of benzene rings is 1. The van der Waals surface area contributed by atoms with E-state index < -0.39 is 0 Å². The van der Waals surface area contributed by atoms with E-state index in [0.29, 0.717) is 0 Å². The molecule has 2 nitrogen and oxygen atoms in total. The first kappa shape index (κ1) is 10.2. The predicted molar refractivity (Wildman–Crippen MR) is 59.0 cm³/mol. The van der Waals surface area contributed by atoms with Crippen LogP contribution < -0.4 is 5.32 Å². The van der Waals surface area contributed by atoms with Gasteiger partial charge in [-0.05, 0) is 31.7 Å². The van der Waals surface area contributed by atoms with Crippen LogP contribution in [0.3, 0.4) is 0 Å². The molecular formula is C13H17N2+. The molecule has 0 unspecified atom stereocenters. The summed E-state index contributed by atoms with van der Waals surface area (Å²) in [7, 11) is 0. The monoisotopic (exact) mass is 201 g/mol. The largest absolute Gasteiger partial charge is 0.340 e. The zero-order chi connectivity index (χ0) is 10.5. The van der Waals surface area contributed by atoms with E-state index in [9.17, 15) is 0 Å². The van der Waals surface area contributed by atoms with Crippen molar-refractivity contribution in [1.29, 1.82) is 5.26 Å². The molecule has 15 heavy (non-hydrogen) atoms. The summed E-state index contributed by atoms with van der Waals surface area (Å²) in [5.41, 5.74) is 2.00. The Morgan fingerprint density at radius 3 is 2.73 bits per heavy atom. The number of quaternary nitrogens is 1. The van der Waals surface area contributed by atoms with Crippen molar-refractivity contribution < 1.29 is 5.32 Å². The van der Waals surface area contributed by atoms with Crippen LogP contribution in [0.2, 0.25) is 0 Å². The van der Waals surface area contributed by atoms with Gasteiger partial charge in [-0.25, -0.2) is 0 Å². The van der Waals surface area contributed by atoms with Crippen LogP contribution in [0, 0.1) is 11.3 Å². The SMILES string of the molecule is N#Cc1ccccc1C[NH2+]C1CCCC1. The molecule has 1 saturated carbocycles. The molecule has 1 aromatic carbocycles. The Morgan fingerprint density at radius 1 is 1.27 bits per heavy atom. The smallest absolute Gasteiger partial charge is 0.103 e. The van der Waals surface area contributed by atoms with Crippen LogP contribution in [0.1, 0.15) is 36.8 Å². The lowest BCUT2D eigenvalue weighted by atomic mass is 10.1. The fourth-order valence-corrected chi connectivity index (χ4v) is 2.29. The molecule has 0 saturated heterocycles. The molecule has 0 atom stereocenters. The Hall–Kier alpha value is -1.33. The molecule has 2 N–H and O–H groups in total. The average molecular weight is 201 g/mol. The van der Waals surface area contributed by atoms with Gasteiger partial charge in [0.25, 0.3) is 0 Å². The Kier molecular flexibility index (Phi) is 3.37. The highest BCUT2D eigenvalue weighted by molar-refractivity contribution is 5.36. The van der Waals surface area contributed by atoms with Gasteiger partial charge in [-0.1, -0.05) is 18.2 Å². The van der Waals surface area contributed by atoms with Crippen LogP contribution in [0.4, 0.5) is 0 Å². The fourth-order valence-electron chi connectivity index (χ4n) is 2.29. The van der Waals surface area contributed by atoms with E-state index >= 15 is 0 Å². The van der Waals surface area contributed by atoms with Gasteiger partial charge in [-0.15, -0.1) is 0 Å². The van der Waals surface area contributed by atoms with Crippen molar-refractivity contribution >= 4 is 0 Å². The van der Waals surface area contributed by atoms with E-state index in [1.165, 1.54) is 31.2 Å². The minimum atomic E-state index is 0.789. The van der Waals surface area contributed by atoms with E-state index in [1.54, 1.807) is 0 Å². The number of nitrogens with zero attached hydrogens (tertiary/aromatic N) is 1. The lowest BCUT2D eigenvalue weighted by Crippen LogP contribution is -2.88. The van der Waals surface area contributed by atoms with Gasteiger partial charge in [0.1, 0.15) is 6.54 Å². The van der Waals surface area contributed by atoms with Crippen LogP contribution in [0.5, 0.6) is 0 Å². The molecule has 78 valence electrons. The van der Waals surface area contributed by atoms with E-state index in [4.69, 9.17) is 5.26 Å². The highest BCUT2D eigenvalue weighted by Gasteiger charge is 2.17. The molecule has 1 aliphatic carbocycles. The van der Waals surface area contributed by atoms with Crippen LogP contribution in [0.15, 0.2) is 24.3 Å². The normalized spacial score (nSPS) is 16.5. The molecule has 1 aliphatic rings. The number of hydrogen-bond donors (Lipinski definition) is 1. The second kappa shape index (κ2) is 4.95. The van der Waals surface area contributed by atoms with Crippen LogP contribution >= 0.6 is 0 Å². The van der Waals surface area contributed by atoms with E-state index in [2.05, 4.69) is 17.5 Å². The van der Waals surface area contributed by atoms with Gasteiger partial charge in [-0.3, -0.25) is 0 Å². The lowest BCUT2D eigenvalue weighted by Gasteiger charge is -2.08. The topological polar surface area (TPSA) is 40.4 Å². The molecule has 0 radical (unpaired) electrons. The number of nitriles is 1. The number of nitrogens with two attached hydrogens (primary N) is 1. The van der Waals surface area contributed by atoms with E-state index in [-0.39, 0.29) is 0 Å². The maximum Gasteiger partial charge on any atom is 0.103 e. The second-order valence-electron chi connectivity index (χ2n) is 4.25. The molecule has 0 bridgehead atoms. The van der Waals surface area contributed by atoms with Gasteiger partial charge >= 0.3 is 0 Å². The summed E-state index contributed by atoms with van der Waals surface area (Å²) >= 11 is 0. The van der Waals surface area contributed by atoms with Crippen molar-refractivity contribution in [3.63, 3.8) is 0 Å². The molecule has 0 heterocycles. The quantitative estimate of drug-likeness (QED) is 0.792. The Labute approximate surface area is 90.9 Å². The summed E-state index contributed by atoms with van der Waals surface area (Å²) in [6, 6.07) is 10.9. The molecular weight excluding hydrogens is 184 g/mol. The van der Waals surface area contributed by atoms with Crippen molar-refractivity contribution in [2.24, 2.45) is 0 Å². The van der Waals surface area contributed by atoms with Crippen molar-refractivity contribution in [2.75, 3.05) is 0 Å². The van der Waals surface area contributed by atoms with E-state index in [1.807, 2.05) is 18.2 Å². The summed E-state index contributed by atoms with van der Waals surface area (Å²) in [6.45, 7) is 0.953. The molecule has 0 aromatic heterocycles. The second-order valence-corrected chi connectivity index (χ2v) is 4.25. The van der Waals surface area contributed by atoms with Crippen molar-refractivity contribution in [3.05, 3.63) is 35.4 Å². The van der Waals surface area contributed by atoms with Crippen molar-refractivity contribution in [2.45, 2.75) is 38.3 Å². The van der Waals surface area contributed by atoms with Crippen molar-refractivity contribution in [3.8, 4) is 6.07 Å². The van der Waals surface area contributed by atoms with Crippen LogP contribution in [-0.4, -0.2) is 6.04 Å². The zero-order valence-electron chi connectivity index (χ0n) is 8.95. The lowest BCUT2D eigenvalue weighted by molar-refractivity contribution is -0.703. The molecule has 0 spiro atoms. The zero-order valence-corrected chi connectivity index (χ0v) is 8.95. The first-order chi connectivity index (χ1) is 7.40. The minimum Gasteiger partial charge on any atom is -0.340 e. The van der Waals surface area contributed by atoms with Gasteiger partial charge in [0.05, 0.1) is 17.7 Å². The average Bonchev–Trinajstić information content (AvgIpc) is 2.79. The third kappa shape index (κ3) is 2.57. The van der Waals surface area contributed by atoms with Gasteiger partial charge < -0.3 is 5.32 Å². The van der Waals surface area contributed by atoms with Crippen LogP contribution in [-0.2, 0) is 6.54 Å². The van der Waals surface area contributed by atoms with Gasteiger partial charge in [0, 0.05) is 5.56 Å². The summed E-state index contributed by atoms with van der Waals surface area (Å²) < 4.78 is 0. The van der Waals surface area contributed by atoms with Gasteiger partial charge in [0.2, 0.25) is 0 Å². The van der Waals surface area contributed by atoms with Crippen LogP contribution in [0.25, 0.3) is 0 Å². The summed E-state index contributed by atoms with van der Waals surface area (Å²) in [4.78, 5) is 0. The van der Waals surface area contributed by atoms with Crippen molar-refractivity contribution in [1.82, 2.24) is 0 Å². The summed E-state index contributed by atoms with van der Waals surface area (Å²) in [5.74, 6) is 0. The summed E-state index contributed by atoms with van der Waals surface area (Å²) in [5, 5.41) is 11.3. The fraction of sp³-hybridized carbons (Fsp3) is 0.462. The third-order valence-electron chi connectivity index (χ3n) is 3.21. The Balaban J connectivity index is 1.95. The molecule has 1 fully saturated rings. The number of rotatable bonds is 3. The molecule has 2 heteroatoms.